The van der Waals surface area contributed by atoms with Crippen LogP contribution in [0.15, 0.2) is 122 Å². The fourth-order valence-electron chi connectivity index (χ4n) is 6.04. The maximum Gasteiger partial charge on any atom is 0.343 e. The highest BCUT2D eigenvalue weighted by atomic mass is 16.5. The highest BCUT2D eigenvalue weighted by molar-refractivity contribution is 5.91. The summed E-state index contributed by atoms with van der Waals surface area (Å²) in [6, 6.07) is 29.6. The van der Waals surface area contributed by atoms with Gasteiger partial charge in [0.1, 0.15) is 23.0 Å². The van der Waals surface area contributed by atoms with Gasteiger partial charge in [0.15, 0.2) is 0 Å². The number of aryl methyl sites for hydroxylation is 1. The Balaban J connectivity index is 1.13. The van der Waals surface area contributed by atoms with Crippen molar-refractivity contribution in [3.8, 4) is 23.0 Å². The molecule has 0 aromatic heterocycles. The second-order valence-electron chi connectivity index (χ2n) is 14.5. The van der Waals surface area contributed by atoms with E-state index in [0.29, 0.717) is 55.7 Å². The van der Waals surface area contributed by atoms with Crippen molar-refractivity contribution in [2.45, 2.75) is 83.5 Å². The summed E-state index contributed by atoms with van der Waals surface area (Å²) in [5.74, 6) is 0.816. The second-order valence-corrected chi connectivity index (χ2v) is 14.5. The van der Waals surface area contributed by atoms with Crippen molar-refractivity contribution >= 4 is 23.9 Å². The number of rotatable bonds is 26. The van der Waals surface area contributed by atoms with Crippen LogP contribution in [-0.2, 0) is 35.7 Å². The van der Waals surface area contributed by atoms with Gasteiger partial charge in [0.05, 0.1) is 32.0 Å². The molecule has 0 spiro atoms. The highest BCUT2D eigenvalue weighted by Gasteiger charge is 2.24. The Morgan fingerprint density at radius 3 is 1.37 bits per heavy atom. The average molecular weight is 805 g/mol. The Labute approximate surface area is 348 Å². The Morgan fingerprint density at radius 2 is 0.915 bits per heavy atom. The fraction of sp³-hybridized carbons (Fsp3) is 0.347. The van der Waals surface area contributed by atoms with Gasteiger partial charge < -0.3 is 28.4 Å². The molecule has 0 saturated carbocycles. The monoisotopic (exact) mass is 804 g/mol. The zero-order chi connectivity index (χ0) is 42.3. The first-order valence-electron chi connectivity index (χ1n) is 20.2. The van der Waals surface area contributed by atoms with E-state index < -0.39 is 11.9 Å². The van der Waals surface area contributed by atoms with Crippen molar-refractivity contribution in [1.29, 1.82) is 0 Å². The van der Waals surface area contributed by atoms with Crippen molar-refractivity contribution in [2.24, 2.45) is 0 Å². The van der Waals surface area contributed by atoms with Gasteiger partial charge in [0.25, 0.3) is 0 Å². The van der Waals surface area contributed by atoms with E-state index in [9.17, 15) is 19.2 Å². The third-order valence-electron chi connectivity index (χ3n) is 9.66. The number of carbonyl (C=O) groups is 4. The third kappa shape index (κ3) is 16.3. The minimum absolute atomic E-state index is 0.244. The van der Waals surface area contributed by atoms with Gasteiger partial charge in [-0.1, -0.05) is 63.4 Å². The highest BCUT2D eigenvalue weighted by Crippen LogP contribution is 2.33. The van der Waals surface area contributed by atoms with E-state index in [1.807, 2.05) is 48.5 Å². The molecule has 0 aliphatic carbocycles. The van der Waals surface area contributed by atoms with E-state index >= 15 is 0 Å². The number of esters is 4. The lowest BCUT2D eigenvalue weighted by atomic mass is 9.78. The van der Waals surface area contributed by atoms with Gasteiger partial charge in [-0.15, -0.1) is 0 Å². The number of unbranched alkanes of at least 4 members (excludes halogenated alkanes) is 6. The molecule has 0 fully saturated rings. The van der Waals surface area contributed by atoms with E-state index in [1.54, 1.807) is 48.5 Å². The molecule has 10 nitrogen and oxygen atoms in total. The summed E-state index contributed by atoms with van der Waals surface area (Å²) < 4.78 is 32.8. The van der Waals surface area contributed by atoms with Crippen molar-refractivity contribution in [2.75, 3.05) is 26.4 Å². The molecule has 4 aromatic carbocycles. The van der Waals surface area contributed by atoms with Crippen molar-refractivity contribution in [3.63, 3.8) is 0 Å². The lowest BCUT2D eigenvalue weighted by Crippen LogP contribution is -2.19. The van der Waals surface area contributed by atoms with Crippen LogP contribution in [0.25, 0.3) is 0 Å². The van der Waals surface area contributed by atoms with Crippen LogP contribution in [0.1, 0.15) is 98.7 Å². The molecule has 0 saturated heterocycles. The molecular formula is C49H56O10. The van der Waals surface area contributed by atoms with Gasteiger partial charge in [0.2, 0.25) is 0 Å². The lowest BCUT2D eigenvalue weighted by Gasteiger charge is -2.26. The first-order valence-corrected chi connectivity index (χ1v) is 20.2. The molecule has 0 N–H and O–H groups in total. The Bertz CT molecular complexity index is 1930. The smallest absolute Gasteiger partial charge is 0.343 e. The van der Waals surface area contributed by atoms with Gasteiger partial charge in [-0.25, -0.2) is 14.4 Å². The van der Waals surface area contributed by atoms with E-state index in [1.165, 1.54) is 6.08 Å². The number of benzene rings is 4. The van der Waals surface area contributed by atoms with Crippen molar-refractivity contribution in [1.82, 2.24) is 0 Å². The molecule has 0 radical (unpaired) electrons. The quantitative estimate of drug-likeness (QED) is 0.0262. The van der Waals surface area contributed by atoms with Gasteiger partial charge in [0, 0.05) is 24.0 Å². The standard InChI is InChI=1S/C49H56O10/c1-5-45(50)56-35-13-9-7-11-33-54-41-24-15-37(16-25-41)17-32-47(52)58-43-28-20-39(21-29-43)49(3,4)40-22-30-44(31-23-40)59-48(53)38-18-26-42(27-19-38)55-34-12-8-10-14-36-57-46(51)6-2/h5-6,15-16,18-31H,1-2,7-14,17,32-36H2,3-4H3. The van der Waals surface area contributed by atoms with E-state index in [2.05, 4.69) is 27.0 Å². The molecule has 0 heterocycles. The SMILES string of the molecule is C=CC(=O)OCCCCCCOc1ccc(CCC(=O)Oc2ccc(C(C)(C)c3ccc(OC(=O)c4ccc(OCCCCCCOC(=O)C=C)cc4)cc3)cc2)cc1. The predicted molar refractivity (Wildman–Crippen MR) is 227 cm³/mol. The van der Waals surface area contributed by atoms with Crippen LogP contribution in [0.5, 0.6) is 23.0 Å². The van der Waals surface area contributed by atoms with E-state index in [-0.39, 0.29) is 23.8 Å². The molecule has 0 amide bonds. The second kappa shape index (κ2) is 24.6. The lowest BCUT2D eigenvalue weighted by molar-refractivity contribution is -0.138. The summed E-state index contributed by atoms with van der Waals surface area (Å²) in [4.78, 5) is 47.6. The summed E-state index contributed by atoms with van der Waals surface area (Å²) in [5.41, 5.74) is 3.12. The normalized spacial score (nSPS) is 10.9. The number of carbonyl (C=O) groups excluding carboxylic acids is 4. The van der Waals surface area contributed by atoms with Crippen LogP contribution < -0.4 is 18.9 Å². The number of ether oxygens (including phenoxy) is 6. The van der Waals surface area contributed by atoms with Crippen molar-refractivity contribution in [3.05, 3.63) is 145 Å². The van der Waals surface area contributed by atoms with Crippen LogP contribution in [0.4, 0.5) is 0 Å². The van der Waals surface area contributed by atoms with Gasteiger partial charge in [-0.2, -0.15) is 0 Å². The number of hydrogen-bond donors (Lipinski definition) is 0. The summed E-state index contributed by atoms with van der Waals surface area (Å²) in [7, 11) is 0. The summed E-state index contributed by atoms with van der Waals surface area (Å²) in [6.45, 7) is 12.9. The Kier molecular flexibility index (Phi) is 19.0. The predicted octanol–water partition coefficient (Wildman–Crippen LogP) is 10.1. The molecular weight excluding hydrogens is 749 g/mol. The minimum atomic E-state index is -0.462. The summed E-state index contributed by atoms with van der Waals surface area (Å²) in [6.07, 6.45) is 10.4. The van der Waals surface area contributed by atoms with Gasteiger partial charge in [-0.05, 0) is 135 Å². The summed E-state index contributed by atoms with van der Waals surface area (Å²) in [5, 5.41) is 0. The van der Waals surface area contributed by atoms with Crippen LogP contribution >= 0.6 is 0 Å². The van der Waals surface area contributed by atoms with E-state index in [4.69, 9.17) is 28.4 Å². The molecule has 0 aliphatic rings. The zero-order valence-electron chi connectivity index (χ0n) is 34.3. The van der Waals surface area contributed by atoms with Crippen molar-refractivity contribution < 1.29 is 47.6 Å². The topological polar surface area (TPSA) is 124 Å². The van der Waals surface area contributed by atoms with Crippen LogP contribution in [0, 0.1) is 0 Å². The third-order valence-corrected chi connectivity index (χ3v) is 9.66. The number of hydrogen-bond acceptors (Lipinski definition) is 10. The van der Waals surface area contributed by atoms with Crippen LogP contribution in [0.3, 0.4) is 0 Å². The molecule has 4 aromatic rings. The van der Waals surface area contributed by atoms with Gasteiger partial charge in [-0.3, -0.25) is 4.79 Å². The molecule has 59 heavy (non-hydrogen) atoms. The first kappa shape index (κ1) is 45.5. The molecule has 0 atom stereocenters. The Morgan fingerprint density at radius 1 is 0.508 bits per heavy atom. The molecule has 0 unspecified atom stereocenters. The van der Waals surface area contributed by atoms with Crippen LogP contribution in [0.2, 0.25) is 0 Å². The fourth-order valence-corrected chi connectivity index (χ4v) is 6.04. The molecule has 4 rings (SSSR count). The maximum atomic E-state index is 12.8. The van der Waals surface area contributed by atoms with E-state index in [0.717, 1.165) is 79.9 Å². The molecule has 0 bridgehead atoms. The molecule has 0 aliphatic heterocycles. The largest absolute Gasteiger partial charge is 0.494 e. The average Bonchev–Trinajstić information content (AvgIpc) is 3.25. The molecule has 10 heteroatoms. The van der Waals surface area contributed by atoms with Crippen LogP contribution in [-0.4, -0.2) is 50.3 Å². The minimum Gasteiger partial charge on any atom is -0.494 e. The first-order chi connectivity index (χ1) is 28.6. The Hall–Kier alpha value is -6.16. The maximum absolute atomic E-state index is 12.8. The van der Waals surface area contributed by atoms with Gasteiger partial charge >= 0.3 is 23.9 Å². The summed E-state index contributed by atoms with van der Waals surface area (Å²) >= 11 is 0. The molecule has 312 valence electrons. The zero-order valence-corrected chi connectivity index (χ0v) is 34.3.